The Morgan fingerprint density at radius 2 is 1.66 bits per heavy atom. The molecule has 0 radical (unpaired) electrons. The van der Waals surface area contributed by atoms with E-state index in [1.54, 1.807) is 24.3 Å². The van der Waals surface area contributed by atoms with Gasteiger partial charge in [0, 0.05) is 35.9 Å². The van der Waals surface area contributed by atoms with Gasteiger partial charge in [-0.15, -0.1) is 0 Å². The van der Waals surface area contributed by atoms with Crippen LogP contribution in [-0.2, 0) is 16.0 Å². The van der Waals surface area contributed by atoms with Gasteiger partial charge in [-0.1, -0.05) is 60.1 Å². The van der Waals surface area contributed by atoms with Crippen LogP contribution >= 0.6 is 11.6 Å². The Bertz CT molecular complexity index is 1230. The van der Waals surface area contributed by atoms with Gasteiger partial charge in [0.1, 0.15) is 0 Å². The number of hydrogen-bond donors (Lipinski definition) is 1. The number of nitrogens with zero attached hydrogens (tertiary/aromatic N) is 2. The van der Waals surface area contributed by atoms with Crippen LogP contribution in [-0.4, -0.2) is 29.9 Å². The Kier molecular flexibility index (Phi) is 7.57. The molecule has 1 amide bonds. The second kappa shape index (κ2) is 10.8. The van der Waals surface area contributed by atoms with Crippen LogP contribution in [0.4, 0.5) is 11.4 Å². The Hall–Kier alpha value is -3.57. The Balaban J connectivity index is 1.73. The molecule has 3 aromatic rings. The molecule has 0 saturated carbocycles. The summed E-state index contributed by atoms with van der Waals surface area (Å²) in [6, 6.07) is 23.7. The van der Waals surface area contributed by atoms with Gasteiger partial charge in [-0.3, -0.25) is 14.5 Å². The van der Waals surface area contributed by atoms with Crippen molar-refractivity contribution in [3.8, 4) is 0 Å². The molecule has 0 bridgehead atoms. The maximum atomic E-state index is 13.4. The summed E-state index contributed by atoms with van der Waals surface area (Å²) >= 11 is 6.22. The highest BCUT2D eigenvalue weighted by Crippen LogP contribution is 2.42. The van der Waals surface area contributed by atoms with E-state index in [2.05, 4.69) is 18.7 Å². The van der Waals surface area contributed by atoms with Crippen molar-refractivity contribution in [1.82, 2.24) is 0 Å². The molecule has 4 rings (SSSR count). The summed E-state index contributed by atoms with van der Waals surface area (Å²) in [5, 5.41) is 11.4. The van der Waals surface area contributed by atoms with Crippen LogP contribution < -0.4 is 9.80 Å². The number of anilines is 2. The highest BCUT2D eigenvalue weighted by molar-refractivity contribution is 6.31. The number of aliphatic hydroxyl groups excluding tert-OH is 1. The van der Waals surface area contributed by atoms with Gasteiger partial charge in [0.15, 0.2) is 11.5 Å². The fraction of sp³-hybridized carbons (Fsp3) is 0.241. The molecule has 1 N–H and O–H groups in total. The molecule has 0 aromatic heterocycles. The first-order chi connectivity index (χ1) is 16.9. The molecule has 180 valence electrons. The summed E-state index contributed by atoms with van der Waals surface area (Å²) in [7, 11) is 0. The van der Waals surface area contributed by atoms with Gasteiger partial charge >= 0.3 is 0 Å². The Morgan fingerprint density at radius 1 is 0.971 bits per heavy atom. The number of hydrogen-bond acceptors (Lipinski definition) is 4. The molecule has 0 saturated heterocycles. The molecule has 6 heteroatoms. The third-order valence-corrected chi connectivity index (χ3v) is 6.65. The first kappa shape index (κ1) is 24.6. The number of halogens is 1. The minimum Gasteiger partial charge on any atom is -0.503 e. The average Bonchev–Trinajstić information content (AvgIpc) is 3.15. The minimum atomic E-state index is -0.741. The quantitative estimate of drug-likeness (QED) is 0.384. The van der Waals surface area contributed by atoms with E-state index in [4.69, 9.17) is 11.6 Å². The Morgan fingerprint density at radius 3 is 2.29 bits per heavy atom. The van der Waals surface area contributed by atoms with E-state index in [1.165, 1.54) is 4.90 Å². The predicted octanol–water partition coefficient (Wildman–Crippen LogP) is 6.29. The van der Waals surface area contributed by atoms with Crippen LogP contribution in [0.15, 0.2) is 90.2 Å². The second-order valence-electron chi connectivity index (χ2n) is 8.49. The van der Waals surface area contributed by atoms with Crippen molar-refractivity contribution >= 4 is 34.7 Å². The van der Waals surface area contributed by atoms with Gasteiger partial charge in [-0.2, -0.15) is 0 Å². The zero-order chi connectivity index (χ0) is 24.9. The lowest BCUT2D eigenvalue weighted by molar-refractivity contribution is -0.118. The normalized spacial score (nSPS) is 15.6. The molecular weight excluding hydrogens is 460 g/mol. The van der Waals surface area contributed by atoms with Crippen molar-refractivity contribution in [2.75, 3.05) is 22.9 Å². The zero-order valence-electron chi connectivity index (χ0n) is 19.9. The fourth-order valence-corrected chi connectivity index (χ4v) is 4.78. The van der Waals surface area contributed by atoms with E-state index in [9.17, 15) is 14.7 Å². The summed E-state index contributed by atoms with van der Waals surface area (Å²) in [5.41, 5.74) is 3.49. The highest BCUT2D eigenvalue weighted by atomic mass is 35.5. The molecule has 1 unspecified atom stereocenters. The molecular formula is C29H29ClN2O3. The summed E-state index contributed by atoms with van der Waals surface area (Å²) in [4.78, 5) is 30.4. The van der Waals surface area contributed by atoms with E-state index in [0.717, 1.165) is 29.9 Å². The first-order valence-corrected chi connectivity index (χ1v) is 12.3. The smallest absolute Gasteiger partial charge is 0.294 e. The molecule has 1 atom stereocenters. The van der Waals surface area contributed by atoms with Crippen molar-refractivity contribution in [1.29, 1.82) is 0 Å². The van der Waals surface area contributed by atoms with Gasteiger partial charge in [0.2, 0.25) is 0 Å². The van der Waals surface area contributed by atoms with E-state index in [0.29, 0.717) is 17.1 Å². The SMILES string of the molecule is CCN(CC)c1ccc(C2C(C(=O)CCc3ccccc3)=C(O)C(=O)N2c2cccc(Cl)c2)cc1. The number of ketones is 1. The van der Waals surface area contributed by atoms with Gasteiger partial charge < -0.3 is 10.0 Å². The molecule has 0 aliphatic carbocycles. The number of carbonyl (C=O) groups is 2. The van der Waals surface area contributed by atoms with Crippen LogP contribution in [0.3, 0.4) is 0 Å². The van der Waals surface area contributed by atoms with Crippen molar-refractivity contribution in [3.63, 3.8) is 0 Å². The number of aryl methyl sites for hydroxylation is 1. The van der Waals surface area contributed by atoms with Crippen LogP contribution in [0.5, 0.6) is 0 Å². The number of carbonyl (C=O) groups excluding carboxylic acids is 2. The summed E-state index contributed by atoms with van der Waals surface area (Å²) in [6.45, 7) is 5.93. The first-order valence-electron chi connectivity index (χ1n) is 11.9. The number of benzene rings is 3. The monoisotopic (exact) mass is 488 g/mol. The molecule has 35 heavy (non-hydrogen) atoms. The van der Waals surface area contributed by atoms with Crippen molar-refractivity contribution < 1.29 is 14.7 Å². The minimum absolute atomic E-state index is 0.126. The van der Waals surface area contributed by atoms with Crippen molar-refractivity contribution in [2.24, 2.45) is 0 Å². The highest BCUT2D eigenvalue weighted by Gasteiger charge is 2.44. The lowest BCUT2D eigenvalue weighted by Crippen LogP contribution is -2.31. The molecule has 0 spiro atoms. The van der Waals surface area contributed by atoms with Crippen molar-refractivity contribution in [2.45, 2.75) is 32.7 Å². The number of aliphatic hydroxyl groups is 1. The van der Waals surface area contributed by atoms with Crippen LogP contribution in [0.2, 0.25) is 5.02 Å². The number of Topliss-reactive ketones (excluding diaryl/α,β-unsaturated/α-hetero) is 1. The van der Waals surface area contributed by atoms with Crippen LogP contribution in [0, 0.1) is 0 Å². The fourth-order valence-electron chi connectivity index (χ4n) is 4.59. The average molecular weight is 489 g/mol. The maximum Gasteiger partial charge on any atom is 0.294 e. The zero-order valence-corrected chi connectivity index (χ0v) is 20.7. The molecule has 1 heterocycles. The van der Waals surface area contributed by atoms with E-state index >= 15 is 0 Å². The van der Waals surface area contributed by atoms with Crippen LogP contribution in [0.25, 0.3) is 0 Å². The standard InChI is InChI=1S/C29H29ClN2O3/c1-3-31(4-2)23-16-14-21(15-17-23)27-26(25(33)18-13-20-9-6-5-7-10-20)28(34)29(35)32(27)24-12-8-11-22(30)19-24/h5-12,14-17,19,27,34H,3-4,13,18H2,1-2H3. The van der Waals surface area contributed by atoms with E-state index in [1.807, 2.05) is 54.6 Å². The molecule has 0 fully saturated rings. The third kappa shape index (κ3) is 5.10. The largest absolute Gasteiger partial charge is 0.503 e. The van der Waals surface area contributed by atoms with Gasteiger partial charge in [0.25, 0.3) is 5.91 Å². The van der Waals surface area contributed by atoms with Gasteiger partial charge in [-0.05, 0) is 61.7 Å². The summed E-state index contributed by atoms with van der Waals surface area (Å²) < 4.78 is 0. The van der Waals surface area contributed by atoms with Gasteiger partial charge in [0.05, 0.1) is 11.6 Å². The predicted molar refractivity (Wildman–Crippen MR) is 141 cm³/mol. The Labute approximate surface area is 211 Å². The maximum absolute atomic E-state index is 13.4. The molecule has 5 nitrogen and oxygen atoms in total. The number of rotatable bonds is 9. The second-order valence-corrected chi connectivity index (χ2v) is 8.93. The molecule has 1 aliphatic rings. The third-order valence-electron chi connectivity index (χ3n) is 6.42. The lowest BCUT2D eigenvalue weighted by atomic mass is 9.93. The van der Waals surface area contributed by atoms with Crippen LogP contribution in [0.1, 0.15) is 37.4 Å². The lowest BCUT2D eigenvalue weighted by Gasteiger charge is -2.28. The van der Waals surface area contributed by atoms with Gasteiger partial charge in [-0.25, -0.2) is 0 Å². The molecule has 1 aliphatic heterocycles. The summed E-state index contributed by atoms with van der Waals surface area (Å²) in [6.07, 6.45) is 0.712. The summed E-state index contributed by atoms with van der Waals surface area (Å²) in [5.74, 6) is -1.35. The number of amides is 1. The topological polar surface area (TPSA) is 60.9 Å². The molecule has 3 aromatic carbocycles. The van der Waals surface area contributed by atoms with E-state index in [-0.39, 0.29) is 17.8 Å². The van der Waals surface area contributed by atoms with E-state index < -0.39 is 17.7 Å². The van der Waals surface area contributed by atoms with Crippen molar-refractivity contribution in [3.05, 3.63) is 106 Å².